The van der Waals surface area contributed by atoms with E-state index >= 15 is 0 Å². The van der Waals surface area contributed by atoms with Crippen LogP contribution in [-0.2, 0) is 17.0 Å². The first-order chi connectivity index (χ1) is 17.7. The highest BCUT2D eigenvalue weighted by Gasteiger charge is 2.17. The van der Waals surface area contributed by atoms with Crippen LogP contribution in [-0.4, -0.2) is 31.4 Å². The summed E-state index contributed by atoms with van der Waals surface area (Å²) in [4.78, 5) is 17.3. The summed E-state index contributed by atoms with van der Waals surface area (Å²) in [7, 11) is 0. The predicted octanol–water partition coefficient (Wildman–Crippen LogP) is 5.97. The minimum atomic E-state index is -0.138. The molecule has 0 saturated heterocycles. The van der Waals surface area contributed by atoms with Gasteiger partial charge >= 0.3 is 0 Å². The van der Waals surface area contributed by atoms with Crippen molar-refractivity contribution in [2.45, 2.75) is 21.7 Å². The molecule has 2 aromatic heterocycles. The number of nitrogens with one attached hydrogen (secondary N) is 1. The number of anilines is 1. The van der Waals surface area contributed by atoms with Gasteiger partial charge in [0.15, 0.2) is 9.50 Å². The standard InChI is InChI=1S/C26H20N6OS3/c27-15-14-18-10-12-19(13-11-18)28-24(33)17-34-25-31-30-23(32(25)20-6-2-1-3-7-20)16-35-26-29-21-8-4-5-9-22(21)36-26/h1-13H,14,16-17H2,(H,28,33). The molecule has 0 atom stereocenters. The average Bonchev–Trinajstić information content (AvgIpc) is 3.51. The van der Waals surface area contributed by atoms with Gasteiger partial charge in [0.05, 0.1) is 34.2 Å². The molecular formula is C26H20N6OS3. The number of hydrogen-bond donors (Lipinski definition) is 1. The Balaban J connectivity index is 1.29. The first kappa shape index (κ1) is 24.1. The van der Waals surface area contributed by atoms with Crippen LogP contribution < -0.4 is 5.32 Å². The van der Waals surface area contributed by atoms with Crippen molar-refractivity contribution in [2.24, 2.45) is 0 Å². The summed E-state index contributed by atoms with van der Waals surface area (Å²) >= 11 is 4.63. The van der Waals surface area contributed by atoms with Gasteiger partial charge in [0.1, 0.15) is 5.82 Å². The third-order valence-electron chi connectivity index (χ3n) is 5.17. The minimum absolute atomic E-state index is 0.138. The number of para-hydroxylation sites is 2. The van der Waals surface area contributed by atoms with Crippen LogP contribution >= 0.6 is 34.9 Å². The van der Waals surface area contributed by atoms with E-state index in [1.54, 1.807) is 35.2 Å². The molecule has 3 aromatic carbocycles. The molecule has 2 heterocycles. The summed E-state index contributed by atoms with van der Waals surface area (Å²) in [5.74, 6) is 1.45. The Morgan fingerprint density at radius 2 is 1.75 bits per heavy atom. The zero-order valence-corrected chi connectivity index (χ0v) is 21.4. The van der Waals surface area contributed by atoms with E-state index in [0.717, 1.165) is 31.6 Å². The molecule has 1 N–H and O–H groups in total. The average molecular weight is 529 g/mol. The number of benzene rings is 3. The fourth-order valence-electron chi connectivity index (χ4n) is 3.49. The normalized spacial score (nSPS) is 10.9. The molecule has 0 bridgehead atoms. The second-order valence-corrected chi connectivity index (χ2v) is 10.9. The predicted molar refractivity (Wildman–Crippen MR) is 146 cm³/mol. The van der Waals surface area contributed by atoms with E-state index in [2.05, 4.69) is 27.6 Å². The molecule has 36 heavy (non-hydrogen) atoms. The fraction of sp³-hybridized carbons (Fsp3) is 0.115. The Morgan fingerprint density at radius 1 is 0.972 bits per heavy atom. The quantitative estimate of drug-likeness (QED) is 0.236. The first-order valence-electron chi connectivity index (χ1n) is 11.1. The number of rotatable bonds is 9. The summed E-state index contributed by atoms with van der Waals surface area (Å²) in [6.07, 6.45) is 0.346. The zero-order chi connectivity index (χ0) is 24.7. The second kappa shape index (κ2) is 11.4. The van der Waals surface area contributed by atoms with Crippen molar-refractivity contribution in [1.29, 1.82) is 5.26 Å². The van der Waals surface area contributed by atoms with Crippen molar-refractivity contribution in [3.63, 3.8) is 0 Å². The molecular weight excluding hydrogens is 509 g/mol. The molecule has 1 amide bonds. The molecule has 10 heteroatoms. The SMILES string of the molecule is N#CCc1ccc(NC(=O)CSc2nnc(CSc3nc4ccccc4s3)n2-c2ccccc2)cc1. The number of nitrogens with zero attached hydrogens (tertiary/aromatic N) is 5. The van der Waals surface area contributed by atoms with Gasteiger partial charge in [-0.1, -0.05) is 66.0 Å². The smallest absolute Gasteiger partial charge is 0.234 e. The number of carbonyl (C=O) groups is 1. The Labute approximate surface area is 220 Å². The van der Waals surface area contributed by atoms with Crippen LogP contribution in [0.2, 0.25) is 0 Å². The monoisotopic (exact) mass is 528 g/mol. The maximum Gasteiger partial charge on any atom is 0.234 e. The Kier molecular flexibility index (Phi) is 7.61. The van der Waals surface area contributed by atoms with Gasteiger partial charge in [0.25, 0.3) is 0 Å². The summed E-state index contributed by atoms with van der Waals surface area (Å²) in [5.41, 5.74) is 3.55. The Morgan fingerprint density at radius 3 is 2.53 bits per heavy atom. The molecule has 0 unspecified atom stereocenters. The number of thiazole rings is 1. The summed E-state index contributed by atoms with van der Waals surface area (Å²) in [5, 5.41) is 21.2. The van der Waals surface area contributed by atoms with E-state index in [9.17, 15) is 4.79 Å². The molecule has 0 spiro atoms. The van der Waals surface area contributed by atoms with E-state index in [4.69, 9.17) is 10.2 Å². The highest BCUT2D eigenvalue weighted by Crippen LogP contribution is 2.32. The molecule has 0 aliphatic heterocycles. The van der Waals surface area contributed by atoms with Crippen molar-refractivity contribution in [2.75, 3.05) is 11.1 Å². The fourth-order valence-corrected chi connectivity index (χ4v) is 6.24. The van der Waals surface area contributed by atoms with Crippen LogP contribution in [0, 0.1) is 11.3 Å². The number of nitriles is 1. The number of fused-ring (bicyclic) bond motifs is 1. The summed E-state index contributed by atoms with van der Waals surface area (Å²) in [6, 6.07) is 27.4. The first-order valence-corrected chi connectivity index (χ1v) is 13.8. The Bertz CT molecular complexity index is 1490. The Hall–Kier alpha value is -3.65. The van der Waals surface area contributed by atoms with Gasteiger partial charge in [-0.25, -0.2) is 4.98 Å². The molecule has 0 aliphatic rings. The van der Waals surface area contributed by atoms with Crippen molar-refractivity contribution in [1.82, 2.24) is 19.7 Å². The lowest BCUT2D eigenvalue weighted by atomic mass is 10.1. The van der Waals surface area contributed by atoms with Crippen molar-refractivity contribution < 1.29 is 4.79 Å². The van der Waals surface area contributed by atoms with Crippen molar-refractivity contribution in [3.8, 4) is 11.8 Å². The van der Waals surface area contributed by atoms with E-state index in [-0.39, 0.29) is 11.7 Å². The van der Waals surface area contributed by atoms with Crippen LogP contribution in [0.15, 0.2) is 88.4 Å². The van der Waals surface area contributed by atoms with E-state index in [0.29, 0.717) is 23.0 Å². The number of carbonyl (C=O) groups excluding carboxylic acids is 1. The van der Waals surface area contributed by atoms with Crippen LogP contribution in [0.3, 0.4) is 0 Å². The second-order valence-electron chi connectivity index (χ2n) is 7.67. The van der Waals surface area contributed by atoms with Crippen LogP contribution in [0.1, 0.15) is 11.4 Å². The lowest BCUT2D eigenvalue weighted by molar-refractivity contribution is -0.113. The minimum Gasteiger partial charge on any atom is -0.325 e. The maximum atomic E-state index is 12.6. The lowest BCUT2D eigenvalue weighted by Crippen LogP contribution is -2.14. The van der Waals surface area contributed by atoms with Crippen LogP contribution in [0.5, 0.6) is 0 Å². The highest BCUT2D eigenvalue weighted by molar-refractivity contribution is 8.00. The molecule has 0 aliphatic carbocycles. The largest absolute Gasteiger partial charge is 0.325 e. The zero-order valence-electron chi connectivity index (χ0n) is 19.0. The topological polar surface area (TPSA) is 96.5 Å². The molecule has 0 saturated carbocycles. The molecule has 0 radical (unpaired) electrons. The third kappa shape index (κ3) is 5.76. The van der Waals surface area contributed by atoms with Gasteiger partial charge in [-0.15, -0.1) is 21.5 Å². The van der Waals surface area contributed by atoms with Gasteiger partial charge in [-0.3, -0.25) is 9.36 Å². The molecule has 5 rings (SSSR count). The lowest BCUT2D eigenvalue weighted by Gasteiger charge is -2.10. The molecule has 0 fully saturated rings. The number of aromatic nitrogens is 4. The van der Waals surface area contributed by atoms with Gasteiger partial charge in [0.2, 0.25) is 5.91 Å². The van der Waals surface area contributed by atoms with Gasteiger partial charge in [-0.2, -0.15) is 5.26 Å². The van der Waals surface area contributed by atoms with Crippen molar-refractivity contribution in [3.05, 3.63) is 90.3 Å². The van der Waals surface area contributed by atoms with E-state index in [1.165, 1.54) is 11.8 Å². The van der Waals surface area contributed by atoms with Gasteiger partial charge in [0, 0.05) is 11.4 Å². The van der Waals surface area contributed by atoms with E-state index < -0.39 is 0 Å². The number of thioether (sulfide) groups is 2. The summed E-state index contributed by atoms with van der Waals surface area (Å²) in [6.45, 7) is 0. The number of hydrogen-bond acceptors (Lipinski definition) is 8. The molecule has 178 valence electrons. The van der Waals surface area contributed by atoms with Crippen LogP contribution in [0.4, 0.5) is 5.69 Å². The van der Waals surface area contributed by atoms with Crippen LogP contribution in [0.25, 0.3) is 15.9 Å². The third-order valence-corrected chi connectivity index (χ3v) is 8.27. The number of amides is 1. The van der Waals surface area contributed by atoms with Gasteiger partial charge in [-0.05, 0) is 42.0 Å². The maximum absolute atomic E-state index is 12.6. The molecule has 5 aromatic rings. The highest BCUT2D eigenvalue weighted by atomic mass is 32.2. The summed E-state index contributed by atoms with van der Waals surface area (Å²) < 4.78 is 4.13. The van der Waals surface area contributed by atoms with Gasteiger partial charge < -0.3 is 5.32 Å². The molecule has 7 nitrogen and oxygen atoms in total. The van der Waals surface area contributed by atoms with E-state index in [1.807, 2.05) is 65.2 Å². The van der Waals surface area contributed by atoms with Crippen molar-refractivity contribution >= 4 is 56.7 Å².